The number of methoxy groups -OCH3 is 1. The van der Waals surface area contributed by atoms with Crippen molar-refractivity contribution in [3.05, 3.63) is 22.9 Å². The topological polar surface area (TPSA) is 76.1 Å². The van der Waals surface area contributed by atoms with Crippen LogP contribution in [0, 0.1) is 46.8 Å². The number of aromatic nitrogens is 2. The molecule has 6 fully saturated rings. The van der Waals surface area contributed by atoms with Gasteiger partial charge >= 0.3 is 5.69 Å². The highest BCUT2D eigenvalue weighted by Crippen LogP contribution is 3.07. The summed E-state index contributed by atoms with van der Waals surface area (Å²) in [6.45, 7) is 1.000. The summed E-state index contributed by atoms with van der Waals surface area (Å²) in [5.41, 5.74) is -0.0571. The lowest BCUT2D eigenvalue weighted by Crippen LogP contribution is -3.06. The molecule has 1 unspecified atom stereocenters. The number of rotatable bonds is 6. The van der Waals surface area contributed by atoms with Crippen LogP contribution < -0.4 is 11.0 Å². The molecule has 116 valence electrons. The highest BCUT2D eigenvalue weighted by Gasteiger charge is 3.05. The van der Waals surface area contributed by atoms with E-state index in [-0.39, 0.29) is 23.1 Å². The van der Waals surface area contributed by atoms with Crippen LogP contribution in [0.5, 0.6) is 0 Å². The molecule has 6 aliphatic carbocycles. The minimum Gasteiger partial charge on any atom is -0.383 e. The Bertz CT molecular complexity index is 699. The molecule has 1 amide bonds. The number of aromatic amines is 1. The molecule has 0 aromatic carbocycles. The minimum absolute atomic E-state index is 0.00514. The van der Waals surface area contributed by atoms with Gasteiger partial charge in [0.15, 0.2) is 0 Å². The van der Waals surface area contributed by atoms with Gasteiger partial charge in [-0.2, -0.15) is 0 Å². The van der Waals surface area contributed by atoms with E-state index in [0.29, 0.717) is 13.2 Å². The molecule has 1 aromatic rings. The van der Waals surface area contributed by atoms with Gasteiger partial charge < -0.3 is 15.0 Å². The zero-order valence-corrected chi connectivity index (χ0v) is 12.4. The molecule has 7 rings (SSSR count). The van der Waals surface area contributed by atoms with Crippen LogP contribution in [0.2, 0.25) is 0 Å². The second kappa shape index (κ2) is 3.35. The lowest BCUT2D eigenvalue weighted by molar-refractivity contribution is -0.620. The molecule has 6 nitrogen and oxygen atoms in total. The van der Waals surface area contributed by atoms with Crippen molar-refractivity contribution in [1.29, 1.82) is 0 Å². The summed E-state index contributed by atoms with van der Waals surface area (Å²) in [5.74, 6) is 5.83. The summed E-state index contributed by atoms with van der Waals surface area (Å²) >= 11 is 0. The standard InChI is InChI=1S/C16H19N3O3/c1-22-5-3-17-14(20)13(19-4-2-18-15(19)21)16-10-7-6-8(10)12(16)9(6)11(7)16/h2,4,6-13H,3,5H2,1H3,(H,17,20)(H,18,21). The molecule has 1 atom stereocenters. The van der Waals surface area contributed by atoms with E-state index in [1.54, 1.807) is 24.1 Å². The van der Waals surface area contributed by atoms with Crippen molar-refractivity contribution in [2.24, 2.45) is 46.8 Å². The van der Waals surface area contributed by atoms with Crippen LogP contribution in [-0.4, -0.2) is 35.7 Å². The van der Waals surface area contributed by atoms with Crippen LogP contribution in [0.15, 0.2) is 17.2 Å². The van der Waals surface area contributed by atoms with Crippen molar-refractivity contribution in [3.8, 4) is 0 Å². The number of hydrogen-bond donors (Lipinski definition) is 2. The van der Waals surface area contributed by atoms with Gasteiger partial charge in [0.2, 0.25) is 5.91 Å². The Morgan fingerprint density at radius 3 is 2.59 bits per heavy atom. The lowest BCUT2D eigenvalue weighted by Gasteiger charge is -3.08. The van der Waals surface area contributed by atoms with Gasteiger partial charge in [0.1, 0.15) is 6.04 Å². The van der Waals surface area contributed by atoms with Crippen LogP contribution in [0.3, 0.4) is 0 Å². The summed E-state index contributed by atoms with van der Waals surface area (Å²) in [6, 6.07) is -0.326. The maximum absolute atomic E-state index is 12.8. The highest BCUT2D eigenvalue weighted by molar-refractivity contribution is 5.83. The SMILES string of the molecule is COCCNC(=O)C(n1cc[nH]c1=O)C12C3C4C5C3C1C5C42. The maximum Gasteiger partial charge on any atom is 0.326 e. The van der Waals surface area contributed by atoms with Crippen molar-refractivity contribution in [3.63, 3.8) is 0 Å². The Balaban J connectivity index is 1.36. The molecular weight excluding hydrogens is 282 g/mol. The first-order valence-electron chi connectivity index (χ1n) is 8.26. The van der Waals surface area contributed by atoms with Crippen LogP contribution in [-0.2, 0) is 9.53 Å². The number of carbonyl (C=O) groups is 1. The predicted molar refractivity (Wildman–Crippen MR) is 75.8 cm³/mol. The predicted octanol–water partition coefficient (Wildman–Crippen LogP) is -0.152. The average Bonchev–Trinajstić information content (AvgIpc) is 2.94. The summed E-state index contributed by atoms with van der Waals surface area (Å²) in [6.07, 6.45) is 3.38. The summed E-state index contributed by atoms with van der Waals surface area (Å²) in [7, 11) is 1.62. The fourth-order valence-corrected chi connectivity index (χ4v) is 7.57. The normalized spacial score (nSPS) is 51.4. The van der Waals surface area contributed by atoms with Gasteiger partial charge in [-0.05, 0) is 41.4 Å². The molecule has 0 spiro atoms. The van der Waals surface area contributed by atoms with E-state index in [1.165, 1.54) is 0 Å². The molecule has 0 saturated heterocycles. The molecule has 0 aliphatic heterocycles. The Labute approximate surface area is 127 Å². The Morgan fingerprint density at radius 2 is 2.05 bits per heavy atom. The van der Waals surface area contributed by atoms with E-state index in [1.807, 2.05) is 0 Å². The van der Waals surface area contributed by atoms with Crippen molar-refractivity contribution >= 4 is 5.91 Å². The average molecular weight is 301 g/mol. The molecule has 22 heavy (non-hydrogen) atoms. The Kier molecular flexibility index (Phi) is 1.82. The molecule has 6 aliphatic rings. The van der Waals surface area contributed by atoms with Gasteiger partial charge in [-0.15, -0.1) is 0 Å². The number of nitrogens with one attached hydrogen (secondary N) is 2. The van der Waals surface area contributed by atoms with E-state index in [0.717, 1.165) is 41.4 Å². The zero-order chi connectivity index (χ0) is 14.8. The summed E-state index contributed by atoms with van der Waals surface area (Å²) in [5, 5.41) is 2.97. The monoisotopic (exact) mass is 301 g/mol. The maximum atomic E-state index is 12.8. The Hall–Kier alpha value is -1.56. The van der Waals surface area contributed by atoms with Crippen LogP contribution >= 0.6 is 0 Å². The van der Waals surface area contributed by atoms with Gasteiger partial charge in [-0.1, -0.05) is 0 Å². The quantitative estimate of drug-likeness (QED) is 0.717. The third kappa shape index (κ3) is 0.846. The van der Waals surface area contributed by atoms with Crippen molar-refractivity contribution in [1.82, 2.24) is 14.9 Å². The molecule has 6 saturated carbocycles. The number of imidazole rings is 1. The third-order valence-corrected chi connectivity index (χ3v) is 7.84. The minimum atomic E-state index is -0.326. The molecule has 6 heteroatoms. The van der Waals surface area contributed by atoms with E-state index in [2.05, 4.69) is 10.3 Å². The molecule has 1 aromatic heterocycles. The van der Waals surface area contributed by atoms with Gasteiger partial charge in [-0.3, -0.25) is 9.36 Å². The molecule has 1 heterocycles. The van der Waals surface area contributed by atoms with Crippen LogP contribution in [0.4, 0.5) is 0 Å². The van der Waals surface area contributed by atoms with E-state index in [4.69, 9.17) is 4.74 Å². The number of H-pyrrole nitrogens is 1. The Morgan fingerprint density at radius 1 is 1.36 bits per heavy atom. The summed E-state index contributed by atoms with van der Waals surface area (Å²) < 4.78 is 6.66. The molecular formula is C16H19N3O3. The van der Waals surface area contributed by atoms with Gasteiger partial charge in [0.25, 0.3) is 0 Å². The first-order valence-corrected chi connectivity index (χ1v) is 8.26. The van der Waals surface area contributed by atoms with Crippen molar-refractivity contribution in [2.75, 3.05) is 20.3 Å². The largest absolute Gasteiger partial charge is 0.383 e. The van der Waals surface area contributed by atoms with E-state index >= 15 is 0 Å². The molecule has 2 N–H and O–H groups in total. The smallest absolute Gasteiger partial charge is 0.326 e. The number of hydrogen-bond acceptors (Lipinski definition) is 3. The second-order valence-electron chi connectivity index (χ2n) is 7.75. The fraction of sp³-hybridized carbons (Fsp3) is 0.750. The lowest BCUT2D eigenvalue weighted by atomic mass is 8.96. The first-order chi connectivity index (χ1) is 10.7. The summed E-state index contributed by atoms with van der Waals surface area (Å²) in [4.78, 5) is 27.7. The number of carbonyl (C=O) groups excluding carboxylic acids is 1. The van der Waals surface area contributed by atoms with Crippen molar-refractivity contribution in [2.45, 2.75) is 6.04 Å². The number of nitrogens with zero attached hydrogens (tertiary/aromatic N) is 1. The third-order valence-electron chi connectivity index (χ3n) is 7.84. The first kappa shape index (κ1) is 11.9. The highest BCUT2D eigenvalue weighted by atomic mass is 16.5. The van der Waals surface area contributed by atoms with Gasteiger partial charge in [0.05, 0.1) is 6.61 Å². The molecule has 0 bridgehead atoms. The number of amides is 1. The number of ether oxygens (including phenoxy) is 1. The van der Waals surface area contributed by atoms with E-state index in [9.17, 15) is 9.59 Å². The molecule has 0 radical (unpaired) electrons. The van der Waals surface area contributed by atoms with Gasteiger partial charge in [0, 0.05) is 31.5 Å². The van der Waals surface area contributed by atoms with Crippen LogP contribution in [0.1, 0.15) is 6.04 Å². The zero-order valence-electron chi connectivity index (χ0n) is 12.4. The second-order valence-corrected chi connectivity index (χ2v) is 7.75. The van der Waals surface area contributed by atoms with Crippen molar-refractivity contribution < 1.29 is 9.53 Å². The van der Waals surface area contributed by atoms with E-state index < -0.39 is 0 Å². The van der Waals surface area contributed by atoms with Gasteiger partial charge in [-0.25, -0.2) is 4.79 Å². The van der Waals surface area contributed by atoms with Crippen LogP contribution in [0.25, 0.3) is 0 Å². The fourth-order valence-electron chi connectivity index (χ4n) is 7.57.